The zero-order valence-corrected chi connectivity index (χ0v) is 6.79. The van der Waals surface area contributed by atoms with E-state index in [9.17, 15) is 4.39 Å². The Morgan fingerprint density at radius 2 is 2.33 bits per heavy atom. The van der Waals surface area contributed by atoms with Crippen molar-refractivity contribution in [3.8, 4) is 6.07 Å². The van der Waals surface area contributed by atoms with Crippen LogP contribution in [-0.2, 0) is 0 Å². The third-order valence-electron chi connectivity index (χ3n) is 1.56. The van der Waals surface area contributed by atoms with E-state index < -0.39 is 0 Å². The molecule has 0 spiro atoms. The normalized spacial score (nSPS) is 9.08. The van der Waals surface area contributed by atoms with Gasteiger partial charge in [-0.05, 0) is 18.2 Å². The van der Waals surface area contributed by atoms with E-state index in [1.54, 1.807) is 24.1 Å². The highest BCUT2D eigenvalue weighted by Gasteiger charge is 1.99. The van der Waals surface area contributed by atoms with Crippen LogP contribution in [0.3, 0.4) is 0 Å². The maximum absolute atomic E-state index is 12.7. The smallest absolute Gasteiger partial charge is 0.125 e. The molecule has 0 saturated carbocycles. The number of anilines is 1. The van der Waals surface area contributed by atoms with Gasteiger partial charge in [-0.3, -0.25) is 0 Å². The number of halogens is 1. The van der Waals surface area contributed by atoms with Gasteiger partial charge < -0.3 is 4.90 Å². The monoisotopic (exact) mass is 164 g/mol. The molecule has 3 heteroatoms. The van der Waals surface area contributed by atoms with Gasteiger partial charge in [0.1, 0.15) is 12.4 Å². The summed E-state index contributed by atoms with van der Waals surface area (Å²) in [5.41, 5.74) is 0.719. The average molecular weight is 164 g/mol. The zero-order valence-electron chi connectivity index (χ0n) is 6.79. The first-order valence-electron chi connectivity index (χ1n) is 3.57. The molecule has 0 heterocycles. The molecular weight excluding hydrogens is 155 g/mol. The summed E-state index contributed by atoms with van der Waals surface area (Å²) >= 11 is 0. The van der Waals surface area contributed by atoms with E-state index in [1.165, 1.54) is 12.1 Å². The molecule has 0 aliphatic rings. The molecule has 0 bridgehead atoms. The molecule has 0 fully saturated rings. The Balaban J connectivity index is 2.82. The van der Waals surface area contributed by atoms with Crippen LogP contribution in [0.4, 0.5) is 10.1 Å². The van der Waals surface area contributed by atoms with Crippen molar-refractivity contribution in [1.82, 2.24) is 0 Å². The molecule has 0 atom stereocenters. The van der Waals surface area contributed by atoms with Gasteiger partial charge in [-0.1, -0.05) is 6.07 Å². The summed E-state index contributed by atoms with van der Waals surface area (Å²) in [6, 6.07) is 8.16. The first kappa shape index (κ1) is 8.54. The Bertz CT molecular complexity index is 304. The fraction of sp³-hybridized carbons (Fsp3) is 0.222. The molecule has 2 nitrogen and oxygen atoms in total. The number of nitrogens with zero attached hydrogens (tertiary/aromatic N) is 2. The van der Waals surface area contributed by atoms with Crippen molar-refractivity contribution in [3.05, 3.63) is 30.1 Å². The highest BCUT2D eigenvalue weighted by molar-refractivity contribution is 5.46. The van der Waals surface area contributed by atoms with E-state index in [0.717, 1.165) is 5.69 Å². The third-order valence-corrected chi connectivity index (χ3v) is 1.56. The summed E-state index contributed by atoms with van der Waals surface area (Å²) in [5.74, 6) is -0.280. The molecule has 12 heavy (non-hydrogen) atoms. The van der Waals surface area contributed by atoms with E-state index in [4.69, 9.17) is 5.26 Å². The van der Waals surface area contributed by atoms with Gasteiger partial charge in [-0.25, -0.2) is 4.39 Å². The maximum atomic E-state index is 12.7. The van der Waals surface area contributed by atoms with Crippen LogP contribution in [-0.4, -0.2) is 13.6 Å². The van der Waals surface area contributed by atoms with Crippen LogP contribution >= 0.6 is 0 Å². The fourth-order valence-corrected chi connectivity index (χ4v) is 0.911. The van der Waals surface area contributed by atoms with Gasteiger partial charge in [0.2, 0.25) is 0 Å². The van der Waals surface area contributed by atoms with Gasteiger partial charge in [-0.15, -0.1) is 0 Å². The molecule has 62 valence electrons. The zero-order chi connectivity index (χ0) is 8.97. The summed E-state index contributed by atoms with van der Waals surface area (Å²) in [6.45, 7) is 0.267. The van der Waals surface area contributed by atoms with Crippen molar-refractivity contribution < 1.29 is 4.39 Å². The highest BCUT2D eigenvalue weighted by atomic mass is 19.1. The van der Waals surface area contributed by atoms with Crippen LogP contribution in [0.2, 0.25) is 0 Å². The lowest BCUT2D eigenvalue weighted by Crippen LogP contribution is -2.16. The second-order valence-corrected chi connectivity index (χ2v) is 2.49. The quantitative estimate of drug-likeness (QED) is 0.623. The average Bonchev–Trinajstić information content (AvgIpc) is 2.05. The van der Waals surface area contributed by atoms with Crippen LogP contribution in [0.1, 0.15) is 0 Å². The minimum Gasteiger partial charge on any atom is -0.361 e. The van der Waals surface area contributed by atoms with E-state index >= 15 is 0 Å². The second-order valence-electron chi connectivity index (χ2n) is 2.49. The molecule has 1 aromatic carbocycles. The van der Waals surface area contributed by atoms with Crippen LogP contribution in [0.15, 0.2) is 24.3 Å². The summed E-state index contributed by atoms with van der Waals surface area (Å²) in [7, 11) is 1.75. The van der Waals surface area contributed by atoms with E-state index in [0.29, 0.717) is 0 Å². The Hall–Kier alpha value is -1.56. The fourth-order valence-electron chi connectivity index (χ4n) is 0.911. The highest BCUT2D eigenvalue weighted by Crippen LogP contribution is 2.12. The number of rotatable bonds is 2. The molecule has 0 aliphatic carbocycles. The standard InChI is InChI=1S/C9H9FN2/c1-12(6-5-11)9-4-2-3-8(10)7-9/h2-4,7H,6H2,1H3. The van der Waals surface area contributed by atoms with Gasteiger partial charge in [0.05, 0.1) is 6.07 Å². The molecule has 0 saturated heterocycles. The Kier molecular flexibility index (Phi) is 2.65. The largest absolute Gasteiger partial charge is 0.361 e. The van der Waals surface area contributed by atoms with E-state index in [1.807, 2.05) is 6.07 Å². The minimum atomic E-state index is -0.280. The minimum absolute atomic E-state index is 0.267. The Labute approximate surface area is 70.8 Å². The predicted octanol–water partition coefficient (Wildman–Crippen LogP) is 1.79. The van der Waals surface area contributed by atoms with Crippen molar-refractivity contribution >= 4 is 5.69 Å². The molecule has 1 rings (SSSR count). The number of benzene rings is 1. The maximum Gasteiger partial charge on any atom is 0.125 e. The van der Waals surface area contributed by atoms with Crippen molar-refractivity contribution in [3.63, 3.8) is 0 Å². The number of nitriles is 1. The van der Waals surface area contributed by atoms with Crippen LogP contribution in [0, 0.1) is 17.1 Å². The summed E-state index contributed by atoms with van der Waals surface area (Å²) < 4.78 is 12.7. The number of hydrogen-bond donors (Lipinski definition) is 0. The van der Waals surface area contributed by atoms with Crippen molar-refractivity contribution in [2.45, 2.75) is 0 Å². The molecule has 0 aliphatic heterocycles. The molecule has 0 amide bonds. The SMILES string of the molecule is CN(CC#N)c1cccc(F)c1. The third kappa shape index (κ3) is 1.96. The molecular formula is C9H9FN2. The van der Waals surface area contributed by atoms with Crippen LogP contribution in [0.5, 0.6) is 0 Å². The van der Waals surface area contributed by atoms with Gasteiger partial charge in [-0.2, -0.15) is 5.26 Å². The van der Waals surface area contributed by atoms with Crippen molar-refractivity contribution in [2.75, 3.05) is 18.5 Å². The lowest BCUT2D eigenvalue weighted by molar-refractivity contribution is 0.627. The van der Waals surface area contributed by atoms with Crippen molar-refractivity contribution in [1.29, 1.82) is 5.26 Å². The van der Waals surface area contributed by atoms with Gasteiger partial charge in [0, 0.05) is 12.7 Å². The van der Waals surface area contributed by atoms with Crippen LogP contribution < -0.4 is 4.90 Å². The van der Waals surface area contributed by atoms with E-state index in [-0.39, 0.29) is 12.4 Å². The molecule has 0 radical (unpaired) electrons. The molecule has 0 unspecified atom stereocenters. The molecule has 0 aromatic heterocycles. The Morgan fingerprint density at radius 3 is 2.92 bits per heavy atom. The predicted molar refractivity (Wildman–Crippen MR) is 45.3 cm³/mol. The lowest BCUT2D eigenvalue weighted by Gasteiger charge is -2.14. The second kappa shape index (κ2) is 3.72. The van der Waals surface area contributed by atoms with Crippen molar-refractivity contribution in [2.24, 2.45) is 0 Å². The molecule has 0 N–H and O–H groups in total. The first-order valence-corrected chi connectivity index (χ1v) is 3.57. The summed E-state index contributed by atoms with van der Waals surface area (Å²) in [4.78, 5) is 1.68. The van der Waals surface area contributed by atoms with E-state index in [2.05, 4.69) is 0 Å². The number of hydrogen-bond acceptors (Lipinski definition) is 2. The lowest BCUT2D eigenvalue weighted by atomic mass is 10.3. The first-order chi connectivity index (χ1) is 5.74. The topological polar surface area (TPSA) is 27.0 Å². The van der Waals surface area contributed by atoms with Crippen LogP contribution in [0.25, 0.3) is 0 Å². The van der Waals surface area contributed by atoms with Gasteiger partial charge in [0.15, 0.2) is 0 Å². The van der Waals surface area contributed by atoms with Gasteiger partial charge >= 0.3 is 0 Å². The summed E-state index contributed by atoms with van der Waals surface area (Å²) in [5, 5.41) is 8.38. The van der Waals surface area contributed by atoms with Gasteiger partial charge in [0.25, 0.3) is 0 Å². The summed E-state index contributed by atoms with van der Waals surface area (Å²) in [6.07, 6.45) is 0. The molecule has 1 aromatic rings. The Morgan fingerprint density at radius 1 is 1.58 bits per heavy atom.